The molecule has 0 saturated heterocycles. The van der Waals surface area contributed by atoms with Gasteiger partial charge in [0.25, 0.3) is 11.8 Å². The molecule has 2 amide bonds. The Bertz CT molecular complexity index is 961. The fourth-order valence-corrected chi connectivity index (χ4v) is 2.99. The number of anilines is 1. The van der Waals surface area contributed by atoms with E-state index in [-0.39, 0.29) is 31.5 Å². The average molecular weight is 436 g/mol. The number of carbonyl (C=O) groups excluding carboxylic acids is 2. The number of rotatable bonds is 11. The first kappa shape index (κ1) is 23.0. The largest absolute Gasteiger partial charge is 0.490 e. The van der Waals surface area contributed by atoms with Crippen molar-refractivity contribution in [1.29, 1.82) is 0 Å². The summed E-state index contributed by atoms with van der Waals surface area (Å²) in [4.78, 5) is 24.0. The zero-order valence-corrected chi connectivity index (χ0v) is 17.6. The maximum absolute atomic E-state index is 12.1. The summed E-state index contributed by atoms with van der Waals surface area (Å²) in [5.74, 6) is 0.387. The van der Waals surface area contributed by atoms with Crippen LogP contribution in [0.3, 0.4) is 0 Å². The number of carbonyl (C=O) groups is 2. The molecule has 0 heterocycles. The number of hydrogen-bond donors (Lipinski definition) is 3. The van der Waals surface area contributed by atoms with Gasteiger partial charge in [-0.05, 0) is 43.3 Å². The Morgan fingerprint density at radius 3 is 2.10 bits per heavy atom. The maximum Gasteiger partial charge on any atom is 0.258 e. The highest BCUT2D eigenvalue weighted by atomic mass is 32.2. The van der Waals surface area contributed by atoms with Crippen LogP contribution in [0.15, 0.2) is 48.5 Å². The molecule has 10 heteroatoms. The molecule has 0 atom stereocenters. The SMILES string of the molecule is CCOc1ccccc1OCC(=O)NCCNC(=O)c1ccc(NS(C)(=O)=O)cc1. The second kappa shape index (κ2) is 11.1. The number of para-hydroxylation sites is 2. The second-order valence-electron chi connectivity index (χ2n) is 6.23. The molecule has 0 fully saturated rings. The van der Waals surface area contributed by atoms with Gasteiger partial charge in [-0.15, -0.1) is 0 Å². The quantitative estimate of drug-likeness (QED) is 0.458. The first-order valence-electron chi connectivity index (χ1n) is 9.26. The Balaban J connectivity index is 1.70. The molecule has 0 unspecified atom stereocenters. The van der Waals surface area contributed by atoms with Crippen LogP contribution in [0.5, 0.6) is 11.5 Å². The molecule has 0 aliphatic carbocycles. The van der Waals surface area contributed by atoms with Crippen molar-refractivity contribution >= 4 is 27.5 Å². The molecule has 2 aromatic rings. The summed E-state index contributed by atoms with van der Waals surface area (Å²) in [5.41, 5.74) is 0.739. The van der Waals surface area contributed by atoms with E-state index >= 15 is 0 Å². The summed E-state index contributed by atoms with van der Waals surface area (Å²) in [6, 6.07) is 13.1. The smallest absolute Gasteiger partial charge is 0.258 e. The highest BCUT2D eigenvalue weighted by Crippen LogP contribution is 2.26. The lowest BCUT2D eigenvalue weighted by Gasteiger charge is -2.12. The third-order valence-electron chi connectivity index (χ3n) is 3.69. The van der Waals surface area contributed by atoms with Gasteiger partial charge in [-0.3, -0.25) is 14.3 Å². The normalized spacial score (nSPS) is 10.7. The van der Waals surface area contributed by atoms with E-state index in [0.29, 0.717) is 29.4 Å². The van der Waals surface area contributed by atoms with Crippen LogP contribution in [0.2, 0.25) is 0 Å². The molecule has 0 aliphatic rings. The molecule has 9 nitrogen and oxygen atoms in total. The molecule has 0 spiro atoms. The van der Waals surface area contributed by atoms with Crippen molar-refractivity contribution in [2.24, 2.45) is 0 Å². The van der Waals surface area contributed by atoms with E-state index < -0.39 is 10.0 Å². The molecular formula is C20H25N3O6S. The molecular weight excluding hydrogens is 410 g/mol. The van der Waals surface area contributed by atoms with E-state index in [4.69, 9.17) is 9.47 Å². The molecule has 0 aromatic heterocycles. The fraction of sp³-hybridized carbons (Fsp3) is 0.300. The van der Waals surface area contributed by atoms with Gasteiger partial charge in [0.1, 0.15) is 0 Å². The predicted molar refractivity (Wildman–Crippen MR) is 113 cm³/mol. The fourth-order valence-electron chi connectivity index (χ4n) is 2.42. The molecule has 2 aromatic carbocycles. The van der Waals surface area contributed by atoms with E-state index in [1.165, 1.54) is 24.3 Å². The Kier molecular flexibility index (Phi) is 8.48. The van der Waals surface area contributed by atoms with Gasteiger partial charge in [-0.1, -0.05) is 12.1 Å². The lowest BCUT2D eigenvalue weighted by atomic mass is 10.2. The number of amides is 2. The minimum atomic E-state index is -3.37. The highest BCUT2D eigenvalue weighted by Gasteiger charge is 2.09. The van der Waals surface area contributed by atoms with E-state index in [0.717, 1.165) is 6.26 Å². The Hall–Kier alpha value is -3.27. The molecule has 0 bridgehead atoms. The minimum absolute atomic E-state index is 0.174. The van der Waals surface area contributed by atoms with Crippen LogP contribution in [0.1, 0.15) is 17.3 Å². The van der Waals surface area contributed by atoms with Crippen LogP contribution in [-0.2, 0) is 14.8 Å². The average Bonchev–Trinajstić information content (AvgIpc) is 2.70. The Morgan fingerprint density at radius 2 is 1.50 bits per heavy atom. The van der Waals surface area contributed by atoms with Gasteiger partial charge in [0.05, 0.1) is 12.9 Å². The third-order valence-corrected chi connectivity index (χ3v) is 4.30. The van der Waals surface area contributed by atoms with Crippen LogP contribution >= 0.6 is 0 Å². The van der Waals surface area contributed by atoms with Gasteiger partial charge >= 0.3 is 0 Å². The van der Waals surface area contributed by atoms with Crippen LogP contribution in [-0.4, -0.2) is 52.8 Å². The highest BCUT2D eigenvalue weighted by molar-refractivity contribution is 7.92. The van der Waals surface area contributed by atoms with Crippen LogP contribution in [0.4, 0.5) is 5.69 Å². The minimum Gasteiger partial charge on any atom is -0.490 e. The van der Waals surface area contributed by atoms with Crippen LogP contribution < -0.4 is 24.8 Å². The van der Waals surface area contributed by atoms with Gasteiger partial charge in [0.15, 0.2) is 18.1 Å². The second-order valence-corrected chi connectivity index (χ2v) is 7.97. The third kappa shape index (κ3) is 8.00. The summed E-state index contributed by atoms with van der Waals surface area (Å²) in [6.07, 6.45) is 1.05. The van der Waals surface area contributed by atoms with Crippen molar-refractivity contribution < 1.29 is 27.5 Å². The summed E-state index contributed by atoms with van der Waals surface area (Å²) in [6.45, 7) is 2.63. The maximum atomic E-state index is 12.1. The molecule has 3 N–H and O–H groups in total. The van der Waals surface area contributed by atoms with Crippen molar-refractivity contribution in [1.82, 2.24) is 10.6 Å². The van der Waals surface area contributed by atoms with Crippen molar-refractivity contribution in [2.45, 2.75) is 6.92 Å². The zero-order valence-electron chi connectivity index (χ0n) is 16.8. The van der Waals surface area contributed by atoms with Crippen LogP contribution in [0, 0.1) is 0 Å². The number of benzene rings is 2. The summed E-state index contributed by atoms with van der Waals surface area (Å²) in [5, 5.41) is 5.32. The molecule has 30 heavy (non-hydrogen) atoms. The van der Waals surface area contributed by atoms with Gasteiger partial charge < -0.3 is 20.1 Å². The van der Waals surface area contributed by atoms with Gasteiger partial charge in [0.2, 0.25) is 10.0 Å². The lowest BCUT2D eigenvalue weighted by molar-refractivity contribution is -0.123. The lowest BCUT2D eigenvalue weighted by Crippen LogP contribution is -2.36. The first-order valence-corrected chi connectivity index (χ1v) is 11.1. The predicted octanol–water partition coefficient (Wildman–Crippen LogP) is 1.38. The van der Waals surface area contributed by atoms with E-state index in [2.05, 4.69) is 15.4 Å². The van der Waals surface area contributed by atoms with Gasteiger partial charge in [-0.25, -0.2) is 8.42 Å². The standard InChI is InChI=1S/C20H25N3O6S/c1-3-28-17-6-4-5-7-18(17)29-14-19(24)21-12-13-22-20(25)15-8-10-16(11-9-15)23-30(2,26)27/h4-11,23H,3,12-14H2,1-2H3,(H,21,24)(H,22,25). The van der Waals surface area contributed by atoms with Gasteiger partial charge in [0, 0.05) is 24.3 Å². The van der Waals surface area contributed by atoms with E-state index in [9.17, 15) is 18.0 Å². The number of sulfonamides is 1. The van der Waals surface area contributed by atoms with E-state index in [1.54, 1.807) is 18.2 Å². The molecule has 0 saturated carbocycles. The van der Waals surface area contributed by atoms with Gasteiger partial charge in [-0.2, -0.15) is 0 Å². The Morgan fingerprint density at radius 1 is 0.900 bits per heavy atom. The van der Waals surface area contributed by atoms with Crippen molar-refractivity contribution in [2.75, 3.05) is 37.3 Å². The monoisotopic (exact) mass is 435 g/mol. The molecule has 0 aliphatic heterocycles. The summed E-state index contributed by atoms with van der Waals surface area (Å²) < 4.78 is 35.6. The zero-order chi connectivity index (χ0) is 22.0. The van der Waals surface area contributed by atoms with Crippen molar-refractivity contribution in [3.8, 4) is 11.5 Å². The van der Waals surface area contributed by atoms with Crippen molar-refractivity contribution in [3.05, 3.63) is 54.1 Å². The Labute approximate surface area is 175 Å². The van der Waals surface area contributed by atoms with Crippen LogP contribution in [0.25, 0.3) is 0 Å². The summed E-state index contributed by atoms with van der Waals surface area (Å²) in [7, 11) is -3.37. The molecule has 162 valence electrons. The van der Waals surface area contributed by atoms with E-state index in [1.807, 2.05) is 13.0 Å². The summed E-state index contributed by atoms with van der Waals surface area (Å²) >= 11 is 0. The number of hydrogen-bond acceptors (Lipinski definition) is 6. The number of nitrogens with one attached hydrogen (secondary N) is 3. The molecule has 2 rings (SSSR count). The first-order chi connectivity index (χ1) is 14.3. The van der Waals surface area contributed by atoms with Crippen molar-refractivity contribution in [3.63, 3.8) is 0 Å². The molecule has 0 radical (unpaired) electrons. The number of ether oxygens (including phenoxy) is 2. The topological polar surface area (TPSA) is 123 Å².